The number of rotatable bonds is 4. The number of hydrogen-bond acceptors (Lipinski definition) is 3. The lowest BCUT2D eigenvalue weighted by atomic mass is 9.95. The average Bonchev–Trinajstić information content (AvgIpc) is 2.95. The highest BCUT2D eigenvalue weighted by atomic mass is 31.2. The van der Waals surface area contributed by atoms with Crippen LogP contribution in [0.2, 0.25) is 0 Å². The molecule has 4 aliphatic carbocycles. The minimum Gasteiger partial charge on any atom is -0.378 e. The Labute approximate surface area is 214 Å². The lowest BCUT2D eigenvalue weighted by molar-refractivity contribution is 0.122. The summed E-state index contributed by atoms with van der Waals surface area (Å²) in [7, 11) is -3.03. The summed E-state index contributed by atoms with van der Waals surface area (Å²) >= 11 is 0. The van der Waals surface area contributed by atoms with Crippen LogP contribution in [0.5, 0.6) is 0 Å². The number of morpholine rings is 1. The monoisotopic (exact) mass is 493 g/mol. The Bertz CT molecular complexity index is 1350. The van der Waals surface area contributed by atoms with Gasteiger partial charge in [0.05, 0.1) is 13.2 Å². The molecule has 5 aliphatic rings. The van der Waals surface area contributed by atoms with Crippen molar-refractivity contribution in [1.29, 1.82) is 0 Å². The van der Waals surface area contributed by atoms with Crippen LogP contribution in [0.3, 0.4) is 0 Å². The first kappa shape index (κ1) is 23.3. The van der Waals surface area contributed by atoms with Gasteiger partial charge in [0.2, 0.25) is 0 Å². The number of aryl methyl sites for hydroxylation is 4. The second kappa shape index (κ2) is 10.1. The zero-order valence-electron chi connectivity index (χ0n) is 20.6. The molecule has 4 heteroatoms. The molecule has 1 saturated heterocycles. The molecule has 9 rings (SSSR count). The lowest BCUT2D eigenvalue weighted by Gasteiger charge is -2.31. The Morgan fingerprint density at radius 3 is 1.81 bits per heavy atom. The van der Waals surface area contributed by atoms with Crippen molar-refractivity contribution in [1.82, 2.24) is 0 Å². The molecule has 0 saturated carbocycles. The third-order valence-corrected chi connectivity index (χ3v) is 10.7. The number of anilines is 1. The minimum absolute atomic E-state index is 0.784. The predicted octanol–water partition coefficient (Wildman–Crippen LogP) is 5.05. The zero-order chi connectivity index (χ0) is 24.4. The zero-order valence-corrected chi connectivity index (χ0v) is 21.5. The van der Waals surface area contributed by atoms with E-state index in [1.54, 1.807) is 0 Å². The predicted molar refractivity (Wildman–Crippen MR) is 150 cm³/mol. The van der Waals surface area contributed by atoms with E-state index in [1.165, 1.54) is 27.9 Å². The summed E-state index contributed by atoms with van der Waals surface area (Å²) < 4.78 is 20.9. The largest absolute Gasteiger partial charge is 0.378 e. The van der Waals surface area contributed by atoms with Gasteiger partial charge in [-0.1, -0.05) is 84.9 Å². The highest BCUT2D eigenvalue weighted by Gasteiger charge is 2.32. The fourth-order valence-electron chi connectivity index (χ4n) is 5.61. The van der Waals surface area contributed by atoms with Crippen molar-refractivity contribution in [2.75, 3.05) is 31.2 Å². The number of nitrogens with zero attached hydrogens (tertiary/aromatic N) is 1. The minimum atomic E-state index is -3.03. The molecule has 1 heterocycles. The molecule has 0 N–H and O–H groups in total. The van der Waals surface area contributed by atoms with Crippen LogP contribution in [0.15, 0.2) is 97.1 Å². The summed E-state index contributed by atoms with van der Waals surface area (Å²) in [5, 5.41) is 2.80. The van der Waals surface area contributed by atoms with Crippen LogP contribution in [-0.4, -0.2) is 26.3 Å². The van der Waals surface area contributed by atoms with Crippen molar-refractivity contribution >= 4 is 28.7 Å². The van der Waals surface area contributed by atoms with E-state index in [0.29, 0.717) is 0 Å². The number of hydrogen-bond donors (Lipinski definition) is 0. The van der Waals surface area contributed by atoms with Crippen LogP contribution < -0.4 is 20.8 Å². The third kappa shape index (κ3) is 4.43. The van der Waals surface area contributed by atoms with E-state index in [1.807, 2.05) is 60.7 Å². The number of ether oxygens (including phenoxy) is 1. The molecular weight excluding hydrogens is 461 g/mol. The van der Waals surface area contributed by atoms with E-state index in [0.717, 1.165) is 67.9 Å². The van der Waals surface area contributed by atoms with Crippen molar-refractivity contribution in [3.05, 3.63) is 119 Å². The Hall–Kier alpha value is -3.13. The van der Waals surface area contributed by atoms with Crippen molar-refractivity contribution in [3.8, 4) is 0 Å². The quantitative estimate of drug-likeness (QED) is 0.373. The second-order valence-electron chi connectivity index (χ2n) is 9.81. The van der Waals surface area contributed by atoms with Gasteiger partial charge in [-0.15, -0.1) is 0 Å². The van der Waals surface area contributed by atoms with Gasteiger partial charge in [-0.3, -0.25) is 0 Å². The van der Waals surface area contributed by atoms with Gasteiger partial charge < -0.3 is 14.2 Å². The van der Waals surface area contributed by atoms with Crippen LogP contribution in [0.1, 0.15) is 22.3 Å². The lowest BCUT2D eigenvalue weighted by Crippen LogP contribution is -2.37. The molecule has 4 aromatic rings. The normalized spacial score (nSPS) is 15.9. The first-order chi connectivity index (χ1) is 17.7. The van der Waals surface area contributed by atoms with Gasteiger partial charge in [0.25, 0.3) is 0 Å². The van der Waals surface area contributed by atoms with E-state index in [2.05, 4.69) is 41.3 Å². The molecule has 0 amide bonds. The van der Waals surface area contributed by atoms with Gasteiger partial charge in [-0.05, 0) is 60.1 Å². The fourth-order valence-corrected chi connectivity index (χ4v) is 8.58. The molecule has 0 aromatic heterocycles. The maximum Gasteiger partial charge on any atom is 0.171 e. The summed E-state index contributed by atoms with van der Waals surface area (Å²) in [6.07, 6.45) is 3.68. The van der Waals surface area contributed by atoms with E-state index in [4.69, 9.17) is 4.74 Å². The molecule has 3 nitrogen and oxygen atoms in total. The SMILES string of the molecule is O=P(c1ccccc1)(c1ccccc1)c1cc2ccc1CCc1ccc(cc1N1CCOCC1)CC2. The second-order valence-corrected chi connectivity index (χ2v) is 12.5. The van der Waals surface area contributed by atoms with Gasteiger partial charge in [-0.25, -0.2) is 0 Å². The van der Waals surface area contributed by atoms with Crippen LogP contribution in [-0.2, 0) is 35.0 Å². The molecule has 0 atom stereocenters. The molecule has 0 unspecified atom stereocenters. The fraction of sp³-hybridized carbons (Fsp3) is 0.250. The van der Waals surface area contributed by atoms with E-state index in [9.17, 15) is 0 Å². The maximum absolute atomic E-state index is 15.3. The molecule has 1 fully saturated rings. The van der Waals surface area contributed by atoms with Gasteiger partial charge >= 0.3 is 0 Å². The number of benzene rings is 4. The molecule has 0 radical (unpaired) electrons. The van der Waals surface area contributed by atoms with E-state index < -0.39 is 7.14 Å². The first-order valence-electron chi connectivity index (χ1n) is 13.0. The van der Waals surface area contributed by atoms with Crippen molar-refractivity contribution in [2.45, 2.75) is 25.7 Å². The van der Waals surface area contributed by atoms with Gasteiger partial charge in [0, 0.05) is 34.7 Å². The van der Waals surface area contributed by atoms with E-state index >= 15 is 4.57 Å². The standard InChI is InChI=1S/C32H32NO2P/c34-36(29-7-3-1-4-8-29,30-9-5-2-6-10-30)32-24-26-12-11-25-13-15-27(17-18-28(32)16-14-26)31(23-25)33-19-21-35-22-20-33/h1-10,13-16,23-24H,11-12,17-22H2. The first-order valence-corrected chi connectivity index (χ1v) is 14.7. The summed E-state index contributed by atoms with van der Waals surface area (Å²) in [5.74, 6) is 0. The Morgan fingerprint density at radius 2 is 1.17 bits per heavy atom. The van der Waals surface area contributed by atoms with Crippen LogP contribution in [0.4, 0.5) is 5.69 Å². The highest BCUT2D eigenvalue weighted by molar-refractivity contribution is 7.85. The molecule has 36 heavy (non-hydrogen) atoms. The molecule has 4 aromatic carbocycles. The van der Waals surface area contributed by atoms with E-state index in [-0.39, 0.29) is 0 Å². The molecule has 4 bridgehead atoms. The van der Waals surface area contributed by atoms with Crippen molar-refractivity contribution in [3.63, 3.8) is 0 Å². The van der Waals surface area contributed by atoms with Gasteiger partial charge in [-0.2, -0.15) is 0 Å². The van der Waals surface area contributed by atoms with Gasteiger partial charge in [0.15, 0.2) is 7.14 Å². The Kier molecular flexibility index (Phi) is 6.52. The Balaban J connectivity index is 1.47. The van der Waals surface area contributed by atoms with Crippen LogP contribution in [0.25, 0.3) is 0 Å². The summed E-state index contributed by atoms with van der Waals surface area (Å²) in [5.41, 5.74) is 6.51. The van der Waals surface area contributed by atoms with Gasteiger partial charge in [0.1, 0.15) is 0 Å². The smallest absolute Gasteiger partial charge is 0.171 e. The highest BCUT2D eigenvalue weighted by Crippen LogP contribution is 2.44. The molecule has 1 aliphatic heterocycles. The average molecular weight is 494 g/mol. The Morgan fingerprint density at radius 1 is 0.611 bits per heavy atom. The molecule has 0 spiro atoms. The summed E-state index contributed by atoms with van der Waals surface area (Å²) in [6, 6.07) is 33.9. The topological polar surface area (TPSA) is 29.5 Å². The van der Waals surface area contributed by atoms with Crippen molar-refractivity contribution < 1.29 is 9.30 Å². The van der Waals surface area contributed by atoms with Crippen LogP contribution >= 0.6 is 7.14 Å². The maximum atomic E-state index is 15.3. The summed E-state index contributed by atoms with van der Waals surface area (Å²) in [4.78, 5) is 2.48. The van der Waals surface area contributed by atoms with Crippen molar-refractivity contribution in [2.24, 2.45) is 0 Å². The molecule has 182 valence electrons. The summed E-state index contributed by atoms with van der Waals surface area (Å²) in [6.45, 7) is 3.44. The third-order valence-electron chi connectivity index (χ3n) is 7.60. The van der Waals surface area contributed by atoms with Crippen LogP contribution in [0, 0.1) is 0 Å². The molecular formula is C32H32NO2P.